The minimum atomic E-state index is -0.0288. The van der Waals surface area contributed by atoms with Crippen LogP contribution in [0.2, 0.25) is 0 Å². The highest BCUT2D eigenvalue weighted by Crippen LogP contribution is 2.27. The van der Waals surface area contributed by atoms with E-state index in [1.165, 1.54) is 11.1 Å². The number of hydrogen-bond donors (Lipinski definition) is 1. The van der Waals surface area contributed by atoms with E-state index >= 15 is 0 Å². The van der Waals surface area contributed by atoms with Crippen LogP contribution in [0.15, 0.2) is 47.3 Å². The zero-order valence-corrected chi connectivity index (χ0v) is 15.2. The van der Waals surface area contributed by atoms with Crippen molar-refractivity contribution < 1.29 is 0 Å². The number of fused-ring (bicyclic) bond motifs is 1. The highest BCUT2D eigenvalue weighted by molar-refractivity contribution is 5.82. The van der Waals surface area contributed by atoms with Gasteiger partial charge in [-0.15, -0.1) is 0 Å². The molecule has 0 aliphatic rings. The van der Waals surface area contributed by atoms with E-state index in [0.29, 0.717) is 5.92 Å². The molecule has 1 N–H and O–H groups in total. The van der Waals surface area contributed by atoms with Gasteiger partial charge in [-0.25, -0.2) is 4.79 Å². The lowest BCUT2D eigenvalue weighted by Gasteiger charge is -2.19. The van der Waals surface area contributed by atoms with Crippen LogP contribution in [0.1, 0.15) is 40.2 Å². The summed E-state index contributed by atoms with van der Waals surface area (Å²) in [6, 6.07) is 14.9. The molecule has 0 unspecified atom stereocenters. The largest absolute Gasteiger partial charge is 0.326 e. The zero-order chi connectivity index (χ0) is 17.5. The highest BCUT2D eigenvalue weighted by atomic mass is 16.1. The predicted octanol–water partition coefficient (Wildman–Crippen LogP) is 4.95. The van der Waals surface area contributed by atoms with Crippen molar-refractivity contribution in [3.05, 3.63) is 58.5 Å². The van der Waals surface area contributed by atoms with Gasteiger partial charge >= 0.3 is 5.69 Å². The Morgan fingerprint density at radius 3 is 2.21 bits per heavy atom. The summed E-state index contributed by atoms with van der Waals surface area (Å²) in [5.41, 5.74) is 5.62. The van der Waals surface area contributed by atoms with Crippen LogP contribution in [-0.2, 0) is 12.0 Å². The van der Waals surface area contributed by atoms with Gasteiger partial charge < -0.3 is 4.98 Å². The molecule has 0 amide bonds. The summed E-state index contributed by atoms with van der Waals surface area (Å²) in [5.74, 6) is 0.436. The molecule has 3 heteroatoms. The third-order valence-corrected chi connectivity index (χ3v) is 4.41. The lowest BCUT2D eigenvalue weighted by molar-refractivity contribution is 0.522. The number of rotatable bonds is 3. The van der Waals surface area contributed by atoms with Crippen LogP contribution in [-0.4, -0.2) is 9.55 Å². The molecule has 0 saturated heterocycles. The van der Waals surface area contributed by atoms with Crippen LogP contribution in [0.25, 0.3) is 22.2 Å². The molecule has 0 saturated carbocycles. The Labute approximate surface area is 143 Å². The Hall–Kier alpha value is -2.29. The molecule has 0 aliphatic carbocycles. The number of benzene rings is 2. The van der Waals surface area contributed by atoms with E-state index in [1.54, 1.807) is 0 Å². The normalized spacial score (nSPS) is 12.2. The summed E-state index contributed by atoms with van der Waals surface area (Å²) < 4.78 is 1.83. The Morgan fingerprint density at radius 1 is 1.00 bits per heavy atom. The number of nitrogens with zero attached hydrogens (tertiary/aromatic N) is 1. The zero-order valence-electron chi connectivity index (χ0n) is 15.2. The van der Waals surface area contributed by atoms with E-state index in [9.17, 15) is 4.79 Å². The van der Waals surface area contributed by atoms with Gasteiger partial charge in [0.25, 0.3) is 0 Å². The molecule has 2 aromatic carbocycles. The Kier molecular flexibility index (Phi) is 4.12. The highest BCUT2D eigenvalue weighted by Gasteiger charge is 2.14. The number of hydrogen-bond acceptors (Lipinski definition) is 1. The maximum absolute atomic E-state index is 12.2. The fraction of sp³-hybridized carbons (Fsp3) is 0.381. The van der Waals surface area contributed by atoms with Crippen molar-refractivity contribution in [1.82, 2.24) is 9.55 Å². The fourth-order valence-corrected chi connectivity index (χ4v) is 3.05. The van der Waals surface area contributed by atoms with Crippen molar-refractivity contribution in [2.24, 2.45) is 5.92 Å². The van der Waals surface area contributed by atoms with Crippen LogP contribution in [0.4, 0.5) is 0 Å². The minimum Gasteiger partial charge on any atom is -0.306 e. The molecule has 0 atom stereocenters. The average molecular weight is 322 g/mol. The lowest BCUT2D eigenvalue weighted by Crippen LogP contribution is -2.19. The maximum atomic E-state index is 12.2. The second-order valence-electron chi connectivity index (χ2n) is 7.99. The van der Waals surface area contributed by atoms with E-state index < -0.39 is 0 Å². The molecule has 3 aromatic rings. The molecular formula is C21H26N2O. The van der Waals surface area contributed by atoms with Gasteiger partial charge in [0.1, 0.15) is 0 Å². The maximum Gasteiger partial charge on any atom is 0.326 e. The summed E-state index contributed by atoms with van der Waals surface area (Å²) in [5, 5.41) is 0. The van der Waals surface area contributed by atoms with Gasteiger partial charge in [-0.2, -0.15) is 0 Å². The topological polar surface area (TPSA) is 37.8 Å². The molecule has 0 aliphatic heterocycles. The van der Waals surface area contributed by atoms with Gasteiger partial charge in [0, 0.05) is 6.54 Å². The second-order valence-corrected chi connectivity index (χ2v) is 7.99. The van der Waals surface area contributed by atoms with Gasteiger partial charge in [-0.05, 0) is 40.2 Å². The van der Waals surface area contributed by atoms with Crippen LogP contribution < -0.4 is 5.69 Å². The van der Waals surface area contributed by atoms with E-state index in [1.807, 2.05) is 10.6 Å². The summed E-state index contributed by atoms with van der Waals surface area (Å²) in [4.78, 5) is 15.2. The van der Waals surface area contributed by atoms with E-state index in [-0.39, 0.29) is 11.1 Å². The summed E-state index contributed by atoms with van der Waals surface area (Å²) in [6.07, 6.45) is 0. The quantitative estimate of drug-likeness (QED) is 0.728. The summed E-state index contributed by atoms with van der Waals surface area (Å²) in [7, 11) is 0. The molecule has 1 aromatic heterocycles. The molecule has 3 nitrogen and oxygen atoms in total. The molecule has 3 rings (SSSR count). The van der Waals surface area contributed by atoms with Crippen LogP contribution >= 0.6 is 0 Å². The standard InChI is InChI=1S/C21H26N2O/c1-14(2)13-23-19-11-8-16(12-18(19)22-20(23)24)15-6-9-17(10-7-15)21(3,4)5/h6-12,14H,13H2,1-5H3,(H,22,24). The van der Waals surface area contributed by atoms with Gasteiger partial charge in [0.2, 0.25) is 0 Å². The van der Waals surface area contributed by atoms with Crippen molar-refractivity contribution in [2.45, 2.75) is 46.6 Å². The van der Waals surface area contributed by atoms with Crippen molar-refractivity contribution in [3.8, 4) is 11.1 Å². The molecular weight excluding hydrogens is 296 g/mol. The van der Waals surface area contributed by atoms with Crippen LogP contribution in [0, 0.1) is 5.92 Å². The number of aromatic amines is 1. The van der Waals surface area contributed by atoms with E-state index in [4.69, 9.17) is 0 Å². The number of imidazole rings is 1. The SMILES string of the molecule is CC(C)Cn1c(=O)[nH]c2cc(-c3ccc(C(C)(C)C)cc3)ccc21. The van der Waals surface area contributed by atoms with Crippen molar-refractivity contribution in [1.29, 1.82) is 0 Å². The molecule has 0 radical (unpaired) electrons. The van der Waals surface area contributed by atoms with E-state index in [2.05, 4.69) is 76.0 Å². The predicted molar refractivity (Wildman–Crippen MR) is 102 cm³/mol. The fourth-order valence-electron chi connectivity index (χ4n) is 3.05. The Morgan fingerprint density at radius 2 is 1.62 bits per heavy atom. The molecule has 0 bridgehead atoms. The number of aromatic nitrogens is 2. The molecule has 24 heavy (non-hydrogen) atoms. The number of nitrogens with one attached hydrogen (secondary N) is 1. The summed E-state index contributed by atoms with van der Waals surface area (Å²) >= 11 is 0. The van der Waals surface area contributed by atoms with Crippen molar-refractivity contribution >= 4 is 11.0 Å². The molecule has 0 spiro atoms. The van der Waals surface area contributed by atoms with E-state index in [0.717, 1.165) is 23.1 Å². The summed E-state index contributed by atoms with van der Waals surface area (Å²) in [6.45, 7) is 11.6. The average Bonchev–Trinajstić information content (AvgIpc) is 2.81. The van der Waals surface area contributed by atoms with Crippen molar-refractivity contribution in [3.63, 3.8) is 0 Å². The monoisotopic (exact) mass is 322 g/mol. The lowest BCUT2D eigenvalue weighted by atomic mass is 9.86. The first kappa shape index (κ1) is 16.6. The van der Waals surface area contributed by atoms with Crippen molar-refractivity contribution in [2.75, 3.05) is 0 Å². The first-order valence-corrected chi connectivity index (χ1v) is 8.59. The van der Waals surface area contributed by atoms with Gasteiger partial charge in [-0.1, -0.05) is 65.0 Å². The molecule has 1 heterocycles. The minimum absolute atomic E-state index is 0.0288. The number of H-pyrrole nitrogens is 1. The smallest absolute Gasteiger partial charge is 0.306 e. The van der Waals surface area contributed by atoms with Gasteiger partial charge in [-0.3, -0.25) is 4.57 Å². The molecule has 0 fully saturated rings. The Balaban J connectivity index is 2.01. The second kappa shape index (κ2) is 5.97. The van der Waals surface area contributed by atoms with Gasteiger partial charge in [0.05, 0.1) is 11.0 Å². The third-order valence-electron chi connectivity index (χ3n) is 4.41. The molecule has 126 valence electrons. The Bertz CT molecular complexity index is 906. The third kappa shape index (κ3) is 3.16. The van der Waals surface area contributed by atoms with Crippen LogP contribution in [0.5, 0.6) is 0 Å². The van der Waals surface area contributed by atoms with Crippen LogP contribution in [0.3, 0.4) is 0 Å². The first-order valence-electron chi connectivity index (χ1n) is 8.59. The first-order chi connectivity index (χ1) is 11.3. The van der Waals surface area contributed by atoms with Gasteiger partial charge in [0.15, 0.2) is 0 Å².